The van der Waals surface area contributed by atoms with Crippen molar-refractivity contribution in [2.24, 2.45) is 0 Å². The summed E-state index contributed by atoms with van der Waals surface area (Å²) in [5.41, 5.74) is 4.12. The standard InChI is InChI=1S/C15H17IN3P/c16-20-19-12-15(10-17-19)14-6-8-18(9-7-14)11-13-4-2-1-3-5-13/h1-6,10,12,20H,7-9,11H2. The summed E-state index contributed by atoms with van der Waals surface area (Å²) in [5, 5.41) is 4.36. The van der Waals surface area contributed by atoms with Crippen LogP contribution in [0.15, 0.2) is 48.8 Å². The normalized spacial score (nSPS) is 16.8. The molecule has 1 aromatic carbocycles. The van der Waals surface area contributed by atoms with Crippen LogP contribution in [0.4, 0.5) is 0 Å². The van der Waals surface area contributed by atoms with Crippen molar-refractivity contribution in [2.45, 2.75) is 13.0 Å². The minimum Gasteiger partial charge on any atom is -0.295 e. The Hall–Kier alpha value is -0.710. The molecule has 3 nitrogen and oxygen atoms in total. The predicted molar refractivity (Wildman–Crippen MR) is 94.3 cm³/mol. The third-order valence-corrected chi connectivity index (χ3v) is 5.48. The van der Waals surface area contributed by atoms with Crippen molar-refractivity contribution in [2.75, 3.05) is 13.1 Å². The van der Waals surface area contributed by atoms with E-state index >= 15 is 0 Å². The molecule has 0 saturated carbocycles. The lowest BCUT2D eigenvalue weighted by Crippen LogP contribution is -2.27. The average Bonchev–Trinajstić information content (AvgIpc) is 2.98. The summed E-state index contributed by atoms with van der Waals surface area (Å²) in [5.74, 6) is 0. The second-order valence-corrected chi connectivity index (χ2v) is 7.03. The van der Waals surface area contributed by atoms with Crippen LogP contribution >= 0.6 is 28.4 Å². The Kier molecular flexibility index (Phi) is 4.86. The van der Waals surface area contributed by atoms with E-state index in [1.165, 1.54) is 16.7 Å². The monoisotopic (exact) mass is 397 g/mol. The van der Waals surface area contributed by atoms with Crippen molar-refractivity contribution in [1.29, 1.82) is 0 Å². The van der Waals surface area contributed by atoms with Crippen molar-refractivity contribution < 1.29 is 0 Å². The molecular weight excluding hydrogens is 380 g/mol. The molecule has 1 atom stereocenters. The summed E-state index contributed by atoms with van der Waals surface area (Å²) in [6.07, 6.45) is 8.29. The molecule has 2 heterocycles. The van der Waals surface area contributed by atoms with Crippen molar-refractivity contribution in [3.8, 4) is 0 Å². The van der Waals surface area contributed by atoms with E-state index in [1.807, 2.05) is 10.6 Å². The van der Waals surface area contributed by atoms with Gasteiger partial charge in [-0.1, -0.05) is 36.4 Å². The molecule has 5 heteroatoms. The summed E-state index contributed by atoms with van der Waals surface area (Å²) >= 11 is 2.35. The van der Waals surface area contributed by atoms with Crippen LogP contribution in [0.1, 0.15) is 17.5 Å². The maximum atomic E-state index is 4.36. The molecule has 1 aromatic heterocycles. The molecule has 0 fully saturated rings. The largest absolute Gasteiger partial charge is 0.295 e. The van der Waals surface area contributed by atoms with E-state index in [2.05, 4.69) is 74.6 Å². The summed E-state index contributed by atoms with van der Waals surface area (Å²) in [6, 6.07) is 10.7. The Bertz CT molecular complexity index is 594. The van der Waals surface area contributed by atoms with Gasteiger partial charge in [-0.25, -0.2) is 4.45 Å². The molecular formula is C15H17IN3P. The minimum absolute atomic E-state index is 0.679. The highest BCUT2D eigenvalue weighted by molar-refractivity contribution is 14.2. The average molecular weight is 397 g/mol. The highest BCUT2D eigenvalue weighted by atomic mass is 127. The van der Waals surface area contributed by atoms with Crippen LogP contribution in [-0.2, 0) is 6.54 Å². The first-order valence-corrected chi connectivity index (χ1v) is 10.8. The zero-order chi connectivity index (χ0) is 13.8. The van der Waals surface area contributed by atoms with Gasteiger partial charge < -0.3 is 0 Å². The lowest BCUT2D eigenvalue weighted by Gasteiger charge is -2.26. The molecule has 0 amide bonds. The fourth-order valence-electron chi connectivity index (χ4n) is 2.49. The summed E-state index contributed by atoms with van der Waals surface area (Å²) in [6.45, 7) is 3.19. The molecule has 1 unspecified atom stereocenters. The zero-order valence-corrected chi connectivity index (χ0v) is 14.3. The van der Waals surface area contributed by atoms with Crippen LogP contribution in [0, 0.1) is 0 Å². The third-order valence-electron chi connectivity index (χ3n) is 3.58. The van der Waals surface area contributed by atoms with E-state index in [9.17, 15) is 0 Å². The number of benzene rings is 1. The molecule has 1 aliphatic rings. The highest BCUT2D eigenvalue weighted by Gasteiger charge is 2.14. The number of rotatable bonds is 4. The molecule has 0 N–H and O–H groups in total. The number of halogens is 1. The van der Waals surface area contributed by atoms with Gasteiger partial charge in [0.1, 0.15) is 0 Å². The SMILES string of the molecule is IPn1cc(C2=CCN(Cc3ccccc3)CC2)cn1. The number of aromatic nitrogens is 2. The number of nitrogens with zero attached hydrogens (tertiary/aromatic N) is 3. The fourth-order valence-corrected chi connectivity index (χ4v) is 3.57. The van der Waals surface area contributed by atoms with Gasteiger partial charge in [-0.05, 0) is 39.6 Å². The molecule has 0 spiro atoms. The lowest BCUT2D eigenvalue weighted by molar-refractivity contribution is 0.294. The van der Waals surface area contributed by atoms with Crippen LogP contribution in [-0.4, -0.2) is 27.5 Å². The van der Waals surface area contributed by atoms with Gasteiger partial charge in [0.15, 0.2) is 0 Å². The van der Waals surface area contributed by atoms with Gasteiger partial charge in [-0.15, -0.1) is 0 Å². The van der Waals surface area contributed by atoms with Gasteiger partial charge in [-0.3, -0.25) is 4.90 Å². The first-order valence-electron chi connectivity index (χ1n) is 6.72. The first kappa shape index (κ1) is 14.2. The molecule has 2 aromatic rings. The molecule has 3 rings (SSSR count). The van der Waals surface area contributed by atoms with Gasteiger partial charge in [0.05, 0.1) is 12.6 Å². The first-order chi connectivity index (χ1) is 9.85. The molecule has 0 bridgehead atoms. The highest BCUT2D eigenvalue weighted by Crippen LogP contribution is 2.27. The van der Waals surface area contributed by atoms with Crippen LogP contribution in [0.3, 0.4) is 0 Å². The molecule has 0 radical (unpaired) electrons. The summed E-state index contributed by atoms with van der Waals surface area (Å²) in [7, 11) is 0. The maximum absolute atomic E-state index is 4.36. The van der Waals surface area contributed by atoms with Crippen molar-refractivity contribution in [1.82, 2.24) is 14.5 Å². The van der Waals surface area contributed by atoms with Gasteiger partial charge in [-0.2, -0.15) is 5.10 Å². The molecule has 0 saturated heterocycles. The Morgan fingerprint density at radius 3 is 2.75 bits per heavy atom. The Morgan fingerprint density at radius 2 is 2.10 bits per heavy atom. The van der Waals surface area contributed by atoms with Crippen molar-refractivity contribution >= 4 is 34.0 Å². The van der Waals surface area contributed by atoms with E-state index in [0.29, 0.717) is 6.37 Å². The van der Waals surface area contributed by atoms with E-state index in [1.54, 1.807) is 0 Å². The van der Waals surface area contributed by atoms with Crippen molar-refractivity contribution in [3.63, 3.8) is 0 Å². The molecule has 20 heavy (non-hydrogen) atoms. The van der Waals surface area contributed by atoms with Gasteiger partial charge in [0.25, 0.3) is 0 Å². The van der Waals surface area contributed by atoms with E-state index < -0.39 is 0 Å². The van der Waals surface area contributed by atoms with Crippen molar-refractivity contribution in [3.05, 3.63) is 59.9 Å². The molecule has 104 valence electrons. The Balaban J connectivity index is 1.63. The molecule has 1 aliphatic heterocycles. The second-order valence-electron chi connectivity index (χ2n) is 4.96. The minimum atomic E-state index is 0.679. The van der Waals surface area contributed by atoms with E-state index in [0.717, 1.165) is 26.1 Å². The smallest absolute Gasteiger partial charge is 0.0677 e. The Labute approximate surface area is 134 Å². The van der Waals surface area contributed by atoms with Gasteiger partial charge in [0, 0.05) is 31.4 Å². The van der Waals surface area contributed by atoms with Gasteiger partial charge in [0.2, 0.25) is 0 Å². The van der Waals surface area contributed by atoms with Crippen LogP contribution < -0.4 is 0 Å². The predicted octanol–water partition coefficient (Wildman–Crippen LogP) is 3.96. The van der Waals surface area contributed by atoms with Gasteiger partial charge >= 0.3 is 0 Å². The van der Waals surface area contributed by atoms with Crippen LogP contribution in [0.2, 0.25) is 0 Å². The topological polar surface area (TPSA) is 21.1 Å². The van der Waals surface area contributed by atoms with E-state index in [4.69, 9.17) is 0 Å². The Morgan fingerprint density at radius 1 is 1.25 bits per heavy atom. The lowest BCUT2D eigenvalue weighted by atomic mass is 10.0. The maximum Gasteiger partial charge on any atom is 0.0677 e. The quantitative estimate of drug-likeness (QED) is 0.575. The number of hydrogen-bond donors (Lipinski definition) is 0. The molecule has 0 aliphatic carbocycles. The fraction of sp³-hybridized carbons (Fsp3) is 0.267. The summed E-state index contributed by atoms with van der Waals surface area (Å²) in [4.78, 5) is 2.49. The number of hydrogen-bond acceptors (Lipinski definition) is 2. The van der Waals surface area contributed by atoms with E-state index in [-0.39, 0.29) is 0 Å². The van der Waals surface area contributed by atoms with Crippen LogP contribution in [0.25, 0.3) is 5.57 Å². The summed E-state index contributed by atoms with van der Waals surface area (Å²) < 4.78 is 2.01. The third kappa shape index (κ3) is 3.48. The second kappa shape index (κ2) is 6.83. The zero-order valence-electron chi connectivity index (χ0n) is 11.2. The van der Waals surface area contributed by atoms with Crippen LogP contribution in [0.5, 0.6) is 0 Å².